The number of aromatic nitrogens is 1. The first-order valence-electron chi connectivity index (χ1n) is 6.91. The van der Waals surface area contributed by atoms with Crippen LogP contribution in [0.25, 0.3) is 0 Å². The van der Waals surface area contributed by atoms with Crippen LogP contribution in [0.4, 0.5) is 16.3 Å². The summed E-state index contributed by atoms with van der Waals surface area (Å²) < 4.78 is 27.9. The predicted molar refractivity (Wildman–Crippen MR) is 87.4 cm³/mol. The molecule has 2 rings (SSSR count). The van der Waals surface area contributed by atoms with Gasteiger partial charge in [-0.25, -0.2) is 13.2 Å². The van der Waals surface area contributed by atoms with E-state index in [0.717, 1.165) is 6.26 Å². The van der Waals surface area contributed by atoms with E-state index in [1.54, 1.807) is 6.07 Å². The van der Waals surface area contributed by atoms with Crippen LogP contribution in [0, 0.1) is 0 Å². The number of anilines is 2. The molecule has 0 atom stereocenters. The van der Waals surface area contributed by atoms with E-state index in [-0.39, 0.29) is 10.3 Å². The Morgan fingerprint density at radius 2 is 1.74 bits per heavy atom. The SMILES string of the molecule is CC(C)(C)c1cc(NC(=O)Nc2ccc(S(C)(=O)=O)cc2)no1. The van der Waals surface area contributed by atoms with E-state index < -0.39 is 15.9 Å². The minimum atomic E-state index is -3.26. The Hall–Kier alpha value is -2.35. The summed E-state index contributed by atoms with van der Waals surface area (Å²) in [5, 5.41) is 8.93. The van der Waals surface area contributed by atoms with Crippen LogP contribution in [0.5, 0.6) is 0 Å². The number of nitrogens with zero attached hydrogens (tertiary/aromatic N) is 1. The maximum Gasteiger partial charge on any atom is 0.324 e. The van der Waals surface area contributed by atoms with E-state index in [2.05, 4.69) is 15.8 Å². The average molecular weight is 337 g/mol. The van der Waals surface area contributed by atoms with Gasteiger partial charge in [0.2, 0.25) is 0 Å². The van der Waals surface area contributed by atoms with E-state index in [1.165, 1.54) is 24.3 Å². The van der Waals surface area contributed by atoms with Crippen molar-refractivity contribution in [1.29, 1.82) is 0 Å². The van der Waals surface area contributed by atoms with E-state index in [1.807, 2.05) is 20.8 Å². The lowest BCUT2D eigenvalue weighted by atomic mass is 9.93. The molecule has 0 saturated carbocycles. The molecule has 0 saturated heterocycles. The van der Waals surface area contributed by atoms with Gasteiger partial charge < -0.3 is 9.84 Å². The fourth-order valence-electron chi connectivity index (χ4n) is 1.75. The van der Waals surface area contributed by atoms with Gasteiger partial charge in [0, 0.05) is 23.4 Å². The van der Waals surface area contributed by atoms with Gasteiger partial charge in [0.05, 0.1) is 4.90 Å². The van der Waals surface area contributed by atoms with Crippen molar-refractivity contribution in [3.8, 4) is 0 Å². The Bertz CT molecular complexity index is 802. The number of nitrogens with one attached hydrogen (secondary N) is 2. The molecular weight excluding hydrogens is 318 g/mol. The lowest BCUT2D eigenvalue weighted by Gasteiger charge is -2.12. The molecule has 0 aliphatic heterocycles. The summed E-state index contributed by atoms with van der Waals surface area (Å²) >= 11 is 0. The van der Waals surface area contributed by atoms with Crippen LogP contribution in [0.15, 0.2) is 39.8 Å². The van der Waals surface area contributed by atoms with Gasteiger partial charge in [0.1, 0.15) is 5.76 Å². The van der Waals surface area contributed by atoms with Crippen LogP contribution in [-0.4, -0.2) is 25.9 Å². The van der Waals surface area contributed by atoms with Gasteiger partial charge in [-0.2, -0.15) is 0 Å². The molecule has 0 radical (unpaired) electrons. The summed E-state index contributed by atoms with van der Waals surface area (Å²) in [6, 6.07) is 7.05. The third kappa shape index (κ3) is 4.56. The lowest BCUT2D eigenvalue weighted by Crippen LogP contribution is -2.19. The fraction of sp³-hybridized carbons (Fsp3) is 0.333. The van der Waals surface area contributed by atoms with Crippen molar-refractivity contribution in [2.75, 3.05) is 16.9 Å². The van der Waals surface area contributed by atoms with Crippen LogP contribution in [-0.2, 0) is 15.3 Å². The largest absolute Gasteiger partial charge is 0.359 e. The number of hydrogen-bond donors (Lipinski definition) is 2. The summed E-state index contributed by atoms with van der Waals surface area (Å²) in [5.41, 5.74) is 0.264. The summed E-state index contributed by atoms with van der Waals surface area (Å²) in [6.07, 6.45) is 1.12. The highest BCUT2D eigenvalue weighted by Crippen LogP contribution is 2.24. The van der Waals surface area contributed by atoms with Gasteiger partial charge in [0.15, 0.2) is 15.7 Å². The molecule has 0 aliphatic carbocycles. The Balaban J connectivity index is 2.01. The smallest absolute Gasteiger partial charge is 0.324 e. The number of rotatable bonds is 3. The van der Waals surface area contributed by atoms with Crippen molar-refractivity contribution < 1.29 is 17.7 Å². The van der Waals surface area contributed by atoms with Crippen molar-refractivity contribution in [2.45, 2.75) is 31.1 Å². The monoisotopic (exact) mass is 337 g/mol. The van der Waals surface area contributed by atoms with Crippen molar-refractivity contribution in [1.82, 2.24) is 5.16 Å². The summed E-state index contributed by atoms with van der Waals surface area (Å²) in [6.45, 7) is 5.92. The second kappa shape index (κ2) is 6.04. The minimum Gasteiger partial charge on any atom is -0.359 e. The molecule has 23 heavy (non-hydrogen) atoms. The average Bonchev–Trinajstić information content (AvgIpc) is 2.86. The molecule has 7 nitrogen and oxygen atoms in total. The first-order valence-corrected chi connectivity index (χ1v) is 8.80. The minimum absolute atomic E-state index is 0.190. The molecule has 124 valence electrons. The van der Waals surface area contributed by atoms with Gasteiger partial charge >= 0.3 is 6.03 Å². The Labute approximate surface area is 135 Å². The molecule has 1 heterocycles. The lowest BCUT2D eigenvalue weighted by molar-refractivity contribution is 0.262. The van der Waals surface area contributed by atoms with Crippen LogP contribution in [0.1, 0.15) is 26.5 Å². The van der Waals surface area contributed by atoms with E-state index in [0.29, 0.717) is 17.3 Å². The first kappa shape index (κ1) is 17.0. The molecule has 2 amide bonds. The number of urea groups is 1. The zero-order valence-electron chi connectivity index (χ0n) is 13.4. The number of carbonyl (C=O) groups is 1. The van der Waals surface area contributed by atoms with E-state index >= 15 is 0 Å². The fourth-order valence-corrected chi connectivity index (χ4v) is 2.38. The van der Waals surface area contributed by atoms with Gasteiger partial charge in [0.25, 0.3) is 0 Å². The Kier molecular flexibility index (Phi) is 4.46. The third-order valence-corrected chi connectivity index (χ3v) is 4.16. The molecule has 0 aliphatic rings. The van der Waals surface area contributed by atoms with Crippen LogP contribution in [0.3, 0.4) is 0 Å². The van der Waals surface area contributed by atoms with Crippen LogP contribution < -0.4 is 10.6 Å². The second-order valence-electron chi connectivity index (χ2n) is 6.20. The molecule has 0 unspecified atom stereocenters. The maximum absolute atomic E-state index is 11.9. The van der Waals surface area contributed by atoms with Gasteiger partial charge in [-0.1, -0.05) is 25.9 Å². The number of benzene rings is 1. The maximum atomic E-state index is 11.9. The topological polar surface area (TPSA) is 101 Å². The molecule has 8 heteroatoms. The first-order chi connectivity index (χ1) is 10.6. The highest BCUT2D eigenvalue weighted by atomic mass is 32.2. The Morgan fingerprint density at radius 1 is 1.13 bits per heavy atom. The molecule has 0 fully saturated rings. The zero-order chi connectivity index (χ0) is 17.3. The zero-order valence-corrected chi connectivity index (χ0v) is 14.2. The molecule has 0 bridgehead atoms. The second-order valence-corrected chi connectivity index (χ2v) is 8.22. The van der Waals surface area contributed by atoms with Gasteiger partial charge in [-0.05, 0) is 24.3 Å². The quantitative estimate of drug-likeness (QED) is 0.896. The molecule has 2 N–H and O–H groups in total. The van der Waals surface area contributed by atoms with E-state index in [9.17, 15) is 13.2 Å². The normalized spacial score (nSPS) is 12.0. The van der Waals surface area contributed by atoms with Crippen molar-refractivity contribution in [3.05, 3.63) is 36.1 Å². The van der Waals surface area contributed by atoms with Crippen molar-refractivity contribution in [3.63, 3.8) is 0 Å². The molecular formula is C15H19N3O4S. The third-order valence-electron chi connectivity index (χ3n) is 3.03. The van der Waals surface area contributed by atoms with Crippen molar-refractivity contribution >= 4 is 27.4 Å². The number of amides is 2. The summed E-state index contributed by atoms with van der Waals surface area (Å²) in [7, 11) is -3.26. The number of hydrogen-bond acceptors (Lipinski definition) is 5. The van der Waals surface area contributed by atoms with Gasteiger partial charge in [-0.15, -0.1) is 0 Å². The van der Waals surface area contributed by atoms with Crippen LogP contribution >= 0.6 is 0 Å². The van der Waals surface area contributed by atoms with Crippen molar-refractivity contribution in [2.24, 2.45) is 0 Å². The van der Waals surface area contributed by atoms with E-state index in [4.69, 9.17) is 4.52 Å². The predicted octanol–water partition coefficient (Wildman–Crippen LogP) is 3.02. The van der Waals surface area contributed by atoms with Crippen LogP contribution in [0.2, 0.25) is 0 Å². The molecule has 1 aromatic heterocycles. The molecule has 2 aromatic rings. The Morgan fingerprint density at radius 3 is 2.22 bits per heavy atom. The highest BCUT2D eigenvalue weighted by Gasteiger charge is 2.20. The molecule has 1 aromatic carbocycles. The number of sulfone groups is 1. The molecule has 0 spiro atoms. The standard InChI is InChI=1S/C15H19N3O4S/c1-15(2,3)12-9-13(18-22-12)17-14(19)16-10-5-7-11(8-6-10)23(4,20)21/h5-9H,1-4H3,(H2,16,17,18,19). The highest BCUT2D eigenvalue weighted by molar-refractivity contribution is 7.90. The van der Waals surface area contributed by atoms with Gasteiger partial charge in [-0.3, -0.25) is 5.32 Å². The summed E-state index contributed by atoms with van der Waals surface area (Å²) in [5.74, 6) is 0.963. The number of carbonyl (C=O) groups excluding carboxylic acids is 1. The summed E-state index contributed by atoms with van der Waals surface area (Å²) in [4.78, 5) is 12.1.